The van der Waals surface area contributed by atoms with Crippen molar-refractivity contribution in [1.82, 2.24) is 4.57 Å². The Balaban J connectivity index is 1.96. The Kier molecular flexibility index (Phi) is 4.22. The van der Waals surface area contributed by atoms with Crippen LogP contribution in [0.25, 0.3) is 10.9 Å². The van der Waals surface area contributed by atoms with Crippen molar-refractivity contribution in [2.45, 2.75) is 45.2 Å². The number of nitrogens with two attached hydrogens (primary N) is 1. The molecular weight excluding hydrogens is 349 g/mol. The highest BCUT2D eigenvalue weighted by Gasteiger charge is 2.31. The molecule has 3 N–H and O–H groups in total. The summed E-state index contributed by atoms with van der Waals surface area (Å²) < 4.78 is 16.9. The standard InChI is InChI=1S/C20H24FN3O3/c1-10-8-23(6-5-16(10)22)18-11(2)17-13(7-15(18)21)19(25)14(20(26)27)9-24(17)12-3-4-12/h7,9-10,12,16H,3-6,8,22H2,1-2H3,(H,26,27)/t10-,16+/m0/s1. The molecule has 27 heavy (non-hydrogen) atoms. The molecule has 0 spiro atoms. The van der Waals surface area contributed by atoms with Gasteiger partial charge in [0.1, 0.15) is 11.4 Å². The average Bonchev–Trinajstić information content (AvgIpc) is 3.43. The van der Waals surface area contributed by atoms with E-state index in [0.29, 0.717) is 29.9 Å². The van der Waals surface area contributed by atoms with Crippen LogP contribution in [0.15, 0.2) is 17.1 Å². The molecule has 0 amide bonds. The molecule has 2 atom stereocenters. The number of carbonyl (C=O) groups is 1. The van der Waals surface area contributed by atoms with Gasteiger partial charge in [0.05, 0.1) is 11.2 Å². The highest BCUT2D eigenvalue weighted by molar-refractivity contribution is 5.95. The van der Waals surface area contributed by atoms with Crippen LogP contribution in [0.3, 0.4) is 0 Å². The van der Waals surface area contributed by atoms with Gasteiger partial charge in [-0.05, 0) is 43.7 Å². The number of fused-ring (bicyclic) bond motifs is 1. The van der Waals surface area contributed by atoms with Gasteiger partial charge in [-0.1, -0.05) is 6.92 Å². The van der Waals surface area contributed by atoms with Crippen molar-refractivity contribution in [3.05, 3.63) is 39.4 Å². The summed E-state index contributed by atoms with van der Waals surface area (Å²) in [4.78, 5) is 26.2. The van der Waals surface area contributed by atoms with Crippen LogP contribution in [-0.4, -0.2) is 34.8 Å². The maximum Gasteiger partial charge on any atom is 0.341 e. The van der Waals surface area contributed by atoms with E-state index in [2.05, 4.69) is 6.92 Å². The minimum absolute atomic E-state index is 0.104. The van der Waals surface area contributed by atoms with E-state index in [1.807, 2.05) is 16.4 Å². The van der Waals surface area contributed by atoms with Gasteiger partial charge in [0, 0.05) is 36.8 Å². The molecule has 0 radical (unpaired) electrons. The number of hydrogen-bond donors (Lipinski definition) is 2. The van der Waals surface area contributed by atoms with Crippen molar-refractivity contribution in [3.8, 4) is 0 Å². The molecule has 1 aliphatic carbocycles. The number of halogens is 1. The van der Waals surface area contributed by atoms with Crippen molar-refractivity contribution in [2.24, 2.45) is 11.7 Å². The van der Waals surface area contributed by atoms with E-state index in [0.717, 1.165) is 19.3 Å². The number of hydrogen-bond acceptors (Lipinski definition) is 4. The normalized spacial score (nSPS) is 23.0. The van der Waals surface area contributed by atoms with Gasteiger partial charge in [0.25, 0.3) is 0 Å². The first kappa shape index (κ1) is 18.0. The van der Waals surface area contributed by atoms with Gasteiger partial charge in [-0.3, -0.25) is 4.79 Å². The molecule has 1 aromatic heterocycles. The fourth-order valence-electron chi connectivity index (χ4n) is 4.22. The minimum atomic E-state index is -1.28. The van der Waals surface area contributed by atoms with Crippen molar-refractivity contribution in [3.63, 3.8) is 0 Å². The van der Waals surface area contributed by atoms with E-state index in [-0.39, 0.29) is 29.0 Å². The summed E-state index contributed by atoms with van der Waals surface area (Å²) in [5, 5.41) is 9.52. The molecule has 2 fully saturated rings. The highest BCUT2D eigenvalue weighted by atomic mass is 19.1. The van der Waals surface area contributed by atoms with Crippen LogP contribution in [-0.2, 0) is 0 Å². The summed E-state index contributed by atoms with van der Waals surface area (Å²) in [7, 11) is 0. The van der Waals surface area contributed by atoms with Gasteiger partial charge < -0.3 is 20.3 Å². The van der Waals surface area contributed by atoms with Crippen LogP contribution in [0.4, 0.5) is 10.1 Å². The van der Waals surface area contributed by atoms with Gasteiger partial charge in [0.15, 0.2) is 0 Å². The van der Waals surface area contributed by atoms with Gasteiger partial charge in [-0.25, -0.2) is 9.18 Å². The molecule has 6 nitrogen and oxygen atoms in total. The van der Waals surface area contributed by atoms with Crippen molar-refractivity contribution < 1.29 is 14.3 Å². The van der Waals surface area contributed by atoms with Crippen LogP contribution in [0.2, 0.25) is 0 Å². The Morgan fingerprint density at radius 3 is 2.63 bits per heavy atom. The molecule has 4 rings (SSSR count). The maximum atomic E-state index is 15.1. The smallest absolute Gasteiger partial charge is 0.341 e. The van der Waals surface area contributed by atoms with Crippen LogP contribution >= 0.6 is 0 Å². The van der Waals surface area contributed by atoms with E-state index in [1.165, 1.54) is 12.3 Å². The molecule has 2 aliphatic rings. The summed E-state index contributed by atoms with van der Waals surface area (Å²) in [6, 6.07) is 1.48. The van der Waals surface area contributed by atoms with Crippen LogP contribution in [0.5, 0.6) is 0 Å². The number of nitrogens with zero attached hydrogens (tertiary/aromatic N) is 2. The van der Waals surface area contributed by atoms with Crippen LogP contribution < -0.4 is 16.1 Å². The predicted octanol–water partition coefficient (Wildman–Crippen LogP) is 2.66. The SMILES string of the molecule is Cc1c(N2CC[C@@H](N)[C@@H](C)C2)c(F)cc2c(=O)c(C(=O)O)cn(C3CC3)c12. The molecule has 0 bridgehead atoms. The van der Waals surface area contributed by atoms with E-state index in [9.17, 15) is 14.7 Å². The van der Waals surface area contributed by atoms with E-state index >= 15 is 4.39 Å². The Hall–Kier alpha value is -2.41. The molecule has 0 unspecified atom stereocenters. The first-order valence-electron chi connectivity index (χ1n) is 9.41. The fourth-order valence-corrected chi connectivity index (χ4v) is 4.22. The lowest BCUT2D eigenvalue weighted by Gasteiger charge is -2.37. The Morgan fingerprint density at radius 1 is 1.33 bits per heavy atom. The Morgan fingerprint density at radius 2 is 2.04 bits per heavy atom. The second kappa shape index (κ2) is 6.34. The summed E-state index contributed by atoms with van der Waals surface area (Å²) >= 11 is 0. The molecule has 1 saturated carbocycles. The largest absolute Gasteiger partial charge is 0.477 e. The van der Waals surface area contributed by atoms with Crippen LogP contribution in [0, 0.1) is 18.7 Å². The second-order valence-electron chi connectivity index (χ2n) is 7.92. The van der Waals surface area contributed by atoms with Gasteiger partial charge in [-0.2, -0.15) is 0 Å². The highest BCUT2D eigenvalue weighted by Crippen LogP contribution is 2.40. The first-order valence-corrected chi connectivity index (χ1v) is 9.41. The molecule has 1 saturated heterocycles. The molecule has 2 heterocycles. The van der Waals surface area contributed by atoms with E-state index in [4.69, 9.17) is 5.73 Å². The topological polar surface area (TPSA) is 88.6 Å². The summed E-state index contributed by atoms with van der Waals surface area (Å²) in [6.07, 6.45) is 4.07. The number of carboxylic acids is 1. The molecule has 1 aromatic carbocycles. The quantitative estimate of drug-likeness (QED) is 0.863. The number of benzene rings is 1. The maximum absolute atomic E-state index is 15.1. The number of aryl methyl sites for hydroxylation is 1. The zero-order valence-corrected chi connectivity index (χ0v) is 15.5. The average molecular weight is 373 g/mol. The number of piperidine rings is 1. The van der Waals surface area contributed by atoms with Gasteiger partial charge in [-0.15, -0.1) is 0 Å². The minimum Gasteiger partial charge on any atom is -0.477 e. The lowest BCUT2D eigenvalue weighted by molar-refractivity contribution is 0.0695. The lowest BCUT2D eigenvalue weighted by Crippen LogP contribution is -2.46. The molecule has 144 valence electrons. The third-order valence-electron chi connectivity index (χ3n) is 5.94. The zero-order valence-electron chi connectivity index (χ0n) is 15.5. The van der Waals surface area contributed by atoms with E-state index in [1.54, 1.807) is 0 Å². The van der Waals surface area contributed by atoms with Crippen LogP contribution in [0.1, 0.15) is 48.1 Å². The van der Waals surface area contributed by atoms with Gasteiger partial charge in [0.2, 0.25) is 5.43 Å². The molecule has 2 aromatic rings. The Bertz CT molecular complexity index is 996. The molecular formula is C20H24FN3O3. The number of pyridine rings is 1. The number of anilines is 1. The number of aromatic nitrogens is 1. The van der Waals surface area contributed by atoms with Crippen molar-refractivity contribution in [1.29, 1.82) is 0 Å². The van der Waals surface area contributed by atoms with Crippen molar-refractivity contribution >= 4 is 22.6 Å². The third kappa shape index (κ3) is 2.90. The number of aromatic carboxylic acids is 1. The fraction of sp³-hybridized carbons (Fsp3) is 0.500. The summed E-state index contributed by atoms with van der Waals surface area (Å²) in [5.41, 5.74) is 7.00. The third-order valence-corrected chi connectivity index (χ3v) is 5.94. The molecule has 1 aliphatic heterocycles. The lowest BCUT2D eigenvalue weighted by atomic mass is 9.93. The molecule has 7 heteroatoms. The van der Waals surface area contributed by atoms with E-state index < -0.39 is 17.2 Å². The monoisotopic (exact) mass is 373 g/mol. The zero-order chi connectivity index (χ0) is 19.5. The van der Waals surface area contributed by atoms with Crippen molar-refractivity contribution in [2.75, 3.05) is 18.0 Å². The number of rotatable bonds is 3. The summed E-state index contributed by atoms with van der Waals surface area (Å²) in [5.74, 6) is -1.52. The Labute approximate surface area is 156 Å². The summed E-state index contributed by atoms with van der Waals surface area (Å²) in [6.45, 7) is 5.20. The second-order valence-corrected chi connectivity index (χ2v) is 7.92. The first-order chi connectivity index (χ1) is 12.8. The number of carboxylic acid groups (broad SMARTS) is 1. The predicted molar refractivity (Wildman–Crippen MR) is 102 cm³/mol. The van der Waals surface area contributed by atoms with Gasteiger partial charge >= 0.3 is 5.97 Å².